The van der Waals surface area contributed by atoms with Crippen molar-refractivity contribution < 1.29 is 22.7 Å². The molecule has 0 saturated heterocycles. The first-order valence-corrected chi connectivity index (χ1v) is 12.7. The molecule has 0 aliphatic heterocycles. The molecule has 174 valence electrons. The number of benzene rings is 3. The van der Waals surface area contributed by atoms with Crippen LogP contribution in [0, 0.1) is 0 Å². The van der Waals surface area contributed by atoms with Crippen molar-refractivity contribution in [3.63, 3.8) is 0 Å². The van der Waals surface area contributed by atoms with Crippen LogP contribution in [0.3, 0.4) is 0 Å². The summed E-state index contributed by atoms with van der Waals surface area (Å²) in [5.41, 5.74) is 0.682. The second-order valence-electron chi connectivity index (χ2n) is 6.61. The van der Waals surface area contributed by atoms with Crippen LogP contribution in [-0.2, 0) is 14.8 Å². The zero-order chi connectivity index (χ0) is 24.0. The Bertz CT molecular complexity index is 1250. The fourth-order valence-corrected chi connectivity index (χ4v) is 5.06. The molecule has 0 aliphatic rings. The molecule has 2 N–H and O–H groups in total. The highest BCUT2D eigenvalue weighted by Crippen LogP contribution is 2.32. The van der Waals surface area contributed by atoms with E-state index < -0.39 is 10.0 Å². The van der Waals surface area contributed by atoms with Crippen molar-refractivity contribution in [3.05, 3.63) is 70.7 Å². The Kier molecular flexibility index (Phi) is 8.36. The topological polar surface area (TPSA) is 93.7 Å². The second-order valence-corrected chi connectivity index (χ2v) is 10.2. The molecule has 0 aromatic heterocycles. The predicted molar refractivity (Wildman–Crippen MR) is 133 cm³/mol. The van der Waals surface area contributed by atoms with Crippen LogP contribution in [-0.4, -0.2) is 34.3 Å². The molecule has 0 aliphatic carbocycles. The summed E-state index contributed by atoms with van der Waals surface area (Å²) in [6.07, 6.45) is 0. The van der Waals surface area contributed by atoms with E-state index in [2.05, 4.69) is 10.0 Å². The molecule has 0 spiro atoms. The van der Waals surface area contributed by atoms with Crippen molar-refractivity contribution in [1.82, 2.24) is 0 Å². The van der Waals surface area contributed by atoms with Gasteiger partial charge in [-0.1, -0.05) is 23.2 Å². The van der Waals surface area contributed by atoms with Crippen LogP contribution in [0.5, 0.6) is 11.5 Å². The maximum absolute atomic E-state index is 12.6. The van der Waals surface area contributed by atoms with E-state index in [0.29, 0.717) is 22.2 Å². The van der Waals surface area contributed by atoms with Gasteiger partial charge in [-0.2, -0.15) is 0 Å². The predicted octanol–water partition coefficient (Wildman–Crippen LogP) is 5.54. The smallest absolute Gasteiger partial charge is 0.261 e. The lowest BCUT2D eigenvalue weighted by molar-refractivity contribution is -0.113. The average Bonchev–Trinajstić information content (AvgIpc) is 2.79. The molecule has 0 bridgehead atoms. The van der Waals surface area contributed by atoms with Crippen LogP contribution in [0.1, 0.15) is 0 Å². The number of carbonyl (C=O) groups excluding carboxylic acids is 1. The van der Waals surface area contributed by atoms with Crippen molar-refractivity contribution in [3.8, 4) is 11.5 Å². The number of hydrogen-bond donors (Lipinski definition) is 2. The van der Waals surface area contributed by atoms with Gasteiger partial charge in [0.2, 0.25) is 5.91 Å². The van der Waals surface area contributed by atoms with Crippen LogP contribution < -0.4 is 19.5 Å². The minimum atomic E-state index is -3.87. The standard InChI is InChI=1S/C22H20Cl2N2O5S2/c1-30-20-10-6-16(12-21(20)31-2)32-13-22(27)25-15-4-7-17(8-5-15)33(28,29)26-19-9-3-14(23)11-18(19)24/h3-12,26H,13H2,1-2H3,(H,25,27). The van der Waals surface area contributed by atoms with Crippen LogP contribution in [0.15, 0.2) is 70.5 Å². The maximum Gasteiger partial charge on any atom is 0.261 e. The van der Waals surface area contributed by atoms with E-state index >= 15 is 0 Å². The van der Waals surface area contributed by atoms with E-state index in [0.717, 1.165) is 4.90 Å². The van der Waals surface area contributed by atoms with E-state index in [4.69, 9.17) is 32.7 Å². The number of anilines is 2. The highest BCUT2D eigenvalue weighted by atomic mass is 35.5. The van der Waals surface area contributed by atoms with Gasteiger partial charge in [0, 0.05) is 15.6 Å². The summed E-state index contributed by atoms with van der Waals surface area (Å²) < 4.78 is 38.1. The van der Waals surface area contributed by atoms with Crippen molar-refractivity contribution in [2.45, 2.75) is 9.79 Å². The van der Waals surface area contributed by atoms with Gasteiger partial charge in [0.05, 0.1) is 35.6 Å². The van der Waals surface area contributed by atoms with Gasteiger partial charge < -0.3 is 14.8 Å². The van der Waals surface area contributed by atoms with Crippen molar-refractivity contribution in [2.75, 3.05) is 30.0 Å². The second kappa shape index (κ2) is 11.0. The van der Waals surface area contributed by atoms with Crippen LogP contribution >= 0.6 is 35.0 Å². The molecule has 0 unspecified atom stereocenters. The first-order valence-electron chi connectivity index (χ1n) is 9.44. The van der Waals surface area contributed by atoms with Crippen molar-refractivity contribution in [1.29, 1.82) is 0 Å². The zero-order valence-corrected chi connectivity index (χ0v) is 20.7. The van der Waals surface area contributed by atoms with Crippen LogP contribution in [0.25, 0.3) is 0 Å². The number of nitrogens with one attached hydrogen (secondary N) is 2. The van der Waals surface area contributed by atoms with Gasteiger partial charge in [-0.25, -0.2) is 8.42 Å². The first kappa shape index (κ1) is 25.0. The maximum atomic E-state index is 12.6. The summed E-state index contributed by atoms with van der Waals surface area (Å²) in [4.78, 5) is 13.2. The quantitative estimate of drug-likeness (QED) is 0.355. The molecule has 3 rings (SSSR count). The molecule has 1 amide bonds. The Hall–Kier alpha value is -2.59. The van der Waals surface area contributed by atoms with Gasteiger partial charge in [-0.05, 0) is 60.7 Å². The number of methoxy groups -OCH3 is 2. The third kappa shape index (κ3) is 6.70. The third-order valence-corrected chi connectivity index (χ3v) is 7.27. The molecule has 33 heavy (non-hydrogen) atoms. The summed E-state index contributed by atoms with van der Waals surface area (Å²) in [6, 6.07) is 15.6. The molecule has 7 nitrogen and oxygen atoms in total. The fraction of sp³-hybridized carbons (Fsp3) is 0.136. The monoisotopic (exact) mass is 526 g/mol. The lowest BCUT2D eigenvalue weighted by Gasteiger charge is -2.11. The molecule has 0 fully saturated rings. The number of ether oxygens (including phenoxy) is 2. The Labute approximate surface area is 206 Å². The SMILES string of the molecule is COc1ccc(SCC(=O)Nc2ccc(S(=O)(=O)Nc3ccc(Cl)cc3Cl)cc2)cc1OC. The number of amides is 1. The normalized spacial score (nSPS) is 11.0. The van der Waals surface area contributed by atoms with Gasteiger partial charge in [-0.15, -0.1) is 11.8 Å². The van der Waals surface area contributed by atoms with E-state index in [1.807, 2.05) is 6.07 Å². The van der Waals surface area contributed by atoms with Crippen LogP contribution in [0.2, 0.25) is 10.0 Å². The summed E-state index contributed by atoms with van der Waals surface area (Å²) >= 11 is 13.2. The van der Waals surface area contributed by atoms with Crippen LogP contribution in [0.4, 0.5) is 11.4 Å². The fourth-order valence-electron chi connectivity index (χ4n) is 2.75. The first-order chi connectivity index (χ1) is 15.7. The number of thioether (sulfide) groups is 1. The van der Waals surface area contributed by atoms with E-state index in [1.54, 1.807) is 26.4 Å². The lowest BCUT2D eigenvalue weighted by atomic mass is 10.3. The van der Waals surface area contributed by atoms with Crippen molar-refractivity contribution >= 4 is 62.3 Å². The lowest BCUT2D eigenvalue weighted by Crippen LogP contribution is -2.15. The van der Waals surface area contributed by atoms with E-state index in [1.165, 1.54) is 54.2 Å². The van der Waals surface area contributed by atoms with Gasteiger partial charge in [0.1, 0.15) is 0 Å². The summed E-state index contributed by atoms with van der Waals surface area (Å²) in [6.45, 7) is 0. The van der Waals surface area contributed by atoms with Gasteiger partial charge >= 0.3 is 0 Å². The number of carbonyl (C=O) groups is 1. The minimum absolute atomic E-state index is 0.0196. The Morgan fingerprint density at radius 1 is 0.939 bits per heavy atom. The summed E-state index contributed by atoms with van der Waals surface area (Å²) in [7, 11) is -0.772. The number of hydrogen-bond acceptors (Lipinski definition) is 6. The Morgan fingerprint density at radius 3 is 2.27 bits per heavy atom. The molecule has 0 saturated carbocycles. The van der Waals surface area contributed by atoms with E-state index in [9.17, 15) is 13.2 Å². The molecular formula is C22H20Cl2N2O5S2. The van der Waals surface area contributed by atoms with Gasteiger partial charge in [0.25, 0.3) is 10.0 Å². The third-order valence-electron chi connectivity index (χ3n) is 4.35. The highest BCUT2D eigenvalue weighted by molar-refractivity contribution is 8.00. The number of sulfonamides is 1. The number of rotatable bonds is 9. The molecule has 0 radical (unpaired) electrons. The molecular weight excluding hydrogens is 507 g/mol. The van der Waals surface area contributed by atoms with E-state index in [-0.39, 0.29) is 27.3 Å². The Morgan fingerprint density at radius 2 is 1.64 bits per heavy atom. The summed E-state index contributed by atoms with van der Waals surface area (Å²) in [5.74, 6) is 1.10. The molecule has 11 heteroatoms. The molecule has 3 aromatic rings. The molecule has 3 aromatic carbocycles. The van der Waals surface area contributed by atoms with Gasteiger partial charge in [-0.3, -0.25) is 9.52 Å². The largest absolute Gasteiger partial charge is 0.493 e. The molecule has 0 heterocycles. The average molecular weight is 527 g/mol. The molecule has 0 atom stereocenters. The van der Waals surface area contributed by atoms with Gasteiger partial charge in [0.15, 0.2) is 11.5 Å². The van der Waals surface area contributed by atoms with Crippen molar-refractivity contribution in [2.24, 2.45) is 0 Å². The summed E-state index contributed by atoms with van der Waals surface area (Å²) in [5, 5.41) is 3.32. The number of halogens is 2. The highest BCUT2D eigenvalue weighted by Gasteiger charge is 2.16. The zero-order valence-electron chi connectivity index (χ0n) is 17.6. The Balaban J connectivity index is 1.60. The minimum Gasteiger partial charge on any atom is -0.493 e.